The molecular weight excluding hydrogens is 131 g/mol. The van der Waals surface area contributed by atoms with Crippen LogP contribution in [0.1, 0.15) is 0 Å². The Hall–Kier alpha value is -1.12. The lowest BCUT2D eigenvalue weighted by atomic mass is 10.4. The van der Waals surface area contributed by atoms with Gasteiger partial charge < -0.3 is 4.90 Å². The van der Waals surface area contributed by atoms with Gasteiger partial charge in [0, 0.05) is 20.3 Å². The molecule has 0 bridgehead atoms. The summed E-state index contributed by atoms with van der Waals surface area (Å²) in [5.74, 6) is -0.236. The average molecular weight is 140 g/mol. The monoisotopic (exact) mass is 140 g/mol. The summed E-state index contributed by atoms with van der Waals surface area (Å²) >= 11 is 0. The van der Waals surface area contributed by atoms with Gasteiger partial charge in [0.15, 0.2) is 0 Å². The predicted octanol–water partition coefficient (Wildman–Crippen LogP) is 1.29. The summed E-state index contributed by atoms with van der Waals surface area (Å²) < 4.78 is 12.8. The molecule has 10 heavy (non-hydrogen) atoms. The minimum absolute atomic E-state index is 0.236. The summed E-state index contributed by atoms with van der Waals surface area (Å²) in [4.78, 5) is 5.47. The first-order valence-electron chi connectivity index (χ1n) is 2.98. The van der Waals surface area contributed by atoms with Crippen molar-refractivity contribution in [3.05, 3.63) is 24.3 Å². The highest BCUT2D eigenvalue weighted by Crippen LogP contribution is 2.12. The number of rotatable bonds is 1. The number of halogens is 1. The second-order valence-electron chi connectivity index (χ2n) is 2.22. The van der Waals surface area contributed by atoms with E-state index >= 15 is 0 Å². The van der Waals surface area contributed by atoms with Crippen molar-refractivity contribution < 1.29 is 4.39 Å². The minimum atomic E-state index is -0.236. The van der Waals surface area contributed by atoms with Crippen LogP contribution in [0, 0.1) is 5.82 Å². The number of hydrogen-bond acceptors (Lipinski definition) is 2. The number of anilines is 1. The third kappa shape index (κ3) is 1.23. The first kappa shape index (κ1) is 6.99. The highest BCUT2D eigenvalue weighted by atomic mass is 19.1. The van der Waals surface area contributed by atoms with Crippen LogP contribution in [0.3, 0.4) is 0 Å². The van der Waals surface area contributed by atoms with Crippen molar-refractivity contribution in [1.82, 2.24) is 4.98 Å². The predicted molar refractivity (Wildman–Crippen MR) is 38.5 cm³/mol. The molecule has 0 N–H and O–H groups in total. The molecule has 0 aromatic carbocycles. The summed E-state index contributed by atoms with van der Waals surface area (Å²) in [6.45, 7) is 0. The Labute approximate surface area is 59.3 Å². The molecule has 0 saturated carbocycles. The van der Waals surface area contributed by atoms with Crippen molar-refractivity contribution >= 4 is 5.69 Å². The quantitative estimate of drug-likeness (QED) is 0.584. The van der Waals surface area contributed by atoms with Gasteiger partial charge in [-0.25, -0.2) is 4.39 Å². The van der Waals surface area contributed by atoms with E-state index in [1.807, 2.05) is 0 Å². The highest BCUT2D eigenvalue weighted by molar-refractivity contribution is 5.43. The molecule has 0 aliphatic carbocycles. The fraction of sp³-hybridized carbons (Fsp3) is 0.286. The van der Waals surface area contributed by atoms with Crippen LogP contribution in [0.15, 0.2) is 18.5 Å². The number of aromatic nitrogens is 1. The topological polar surface area (TPSA) is 16.1 Å². The standard InChI is InChI=1S/C7H9FN2/c1-10(2)7-5-9-4-3-6(7)8/h3-5H,1-2H3. The Balaban J connectivity index is 3.03. The fourth-order valence-electron chi connectivity index (χ4n) is 0.698. The van der Waals surface area contributed by atoms with E-state index in [4.69, 9.17) is 0 Å². The van der Waals surface area contributed by atoms with Crippen LogP contribution >= 0.6 is 0 Å². The molecule has 1 heterocycles. The van der Waals surface area contributed by atoms with E-state index in [0.717, 1.165) is 0 Å². The molecule has 0 amide bonds. The van der Waals surface area contributed by atoms with Crippen molar-refractivity contribution in [2.24, 2.45) is 0 Å². The lowest BCUT2D eigenvalue weighted by Crippen LogP contribution is -2.10. The molecule has 1 aromatic heterocycles. The fourth-order valence-corrected chi connectivity index (χ4v) is 0.698. The molecule has 3 heteroatoms. The molecule has 0 radical (unpaired) electrons. The Morgan fingerprint density at radius 1 is 1.50 bits per heavy atom. The normalized spacial score (nSPS) is 9.50. The van der Waals surface area contributed by atoms with Gasteiger partial charge in [0.1, 0.15) is 5.82 Å². The van der Waals surface area contributed by atoms with Crippen LogP contribution in [-0.2, 0) is 0 Å². The first-order chi connectivity index (χ1) is 4.72. The lowest BCUT2D eigenvalue weighted by Gasteiger charge is -2.11. The van der Waals surface area contributed by atoms with E-state index < -0.39 is 0 Å². The summed E-state index contributed by atoms with van der Waals surface area (Å²) in [6.07, 6.45) is 2.93. The van der Waals surface area contributed by atoms with Crippen molar-refractivity contribution in [3.63, 3.8) is 0 Å². The van der Waals surface area contributed by atoms with Gasteiger partial charge in [-0.3, -0.25) is 4.98 Å². The second kappa shape index (κ2) is 2.64. The third-order valence-corrected chi connectivity index (χ3v) is 1.23. The van der Waals surface area contributed by atoms with Crippen LogP contribution in [0.4, 0.5) is 10.1 Å². The SMILES string of the molecule is CN(C)c1cnccc1F. The Kier molecular flexibility index (Phi) is 1.85. The van der Waals surface area contributed by atoms with E-state index in [-0.39, 0.29) is 5.82 Å². The van der Waals surface area contributed by atoms with E-state index in [1.54, 1.807) is 19.0 Å². The zero-order valence-corrected chi connectivity index (χ0v) is 6.00. The van der Waals surface area contributed by atoms with Crippen LogP contribution < -0.4 is 4.90 Å². The van der Waals surface area contributed by atoms with Gasteiger partial charge in [-0.2, -0.15) is 0 Å². The molecule has 0 saturated heterocycles. The lowest BCUT2D eigenvalue weighted by molar-refractivity contribution is 0.624. The van der Waals surface area contributed by atoms with Crippen molar-refractivity contribution in [2.45, 2.75) is 0 Å². The molecule has 0 fully saturated rings. The van der Waals surface area contributed by atoms with Gasteiger partial charge in [-0.1, -0.05) is 0 Å². The van der Waals surface area contributed by atoms with Gasteiger partial charge in [0.25, 0.3) is 0 Å². The molecule has 0 unspecified atom stereocenters. The van der Waals surface area contributed by atoms with E-state index in [9.17, 15) is 4.39 Å². The van der Waals surface area contributed by atoms with Crippen LogP contribution in [0.25, 0.3) is 0 Å². The maximum absolute atomic E-state index is 12.8. The molecule has 0 aliphatic rings. The molecule has 54 valence electrons. The molecule has 0 spiro atoms. The van der Waals surface area contributed by atoms with Crippen LogP contribution in [0.5, 0.6) is 0 Å². The average Bonchev–Trinajstić information content (AvgIpc) is 1.88. The molecule has 0 atom stereocenters. The number of nitrogens with zero attached hydrogens (tertiary/aromatic N) is 2. The molecule has 1 rings (SSSR count). The van der Waals surface area contributed by atoms with Gasteiger partial charge in [-0.05, 0) is 6.07 Å². The van der Waals surface area contributed by atoms with Crippen LogP contribution in [-0.4, -0.2) is 19.1 Å². The van der Waals surface area contributed by atoms with Gasteiger partial charge in [-0.15, -0.1) is 0 Å². The first-order valence-corrected chi connectivity index (χ1v) is 2.98. The van der Waals surface area contributed by atoms with Crippen LogP contribution in [0.2, 0.25) is 0 Å². The van der Waals surface area contributed by atoms with Crippen molar-refractivity contribution in [2.75, 3.05) is 19.0 Å². The minimum Gasteiger partial charge on any atom is -0.374 e. The van der Waals surface area contributed by atoms with E-state index in [0.29, 0.717) is 5.69 Å². The zero-order valence-electron chi connectivity index (χ0n) is 6.00. The van der Waals surface area contributed by atoms with Crippen molar-refractivity contribution in [3.8, 4) is 0 Å². The zero-order chi connectivity index (χ0) is 7.56. The van der Waals surface area contributed by atoms with E-state index in [1.165, 1.54) is 18.5 Å². The maximum Gasteiger partial charge on any atom is 0.149 e. The molecule has 2 nitrogen and oxygen atoms in total. The van der Waals surface area contributed by atoms with Crippen molar-refractivity contribution in [1.29, 1.82) is 0 Å². The third-order valence-electron chi connectivity index (χ3n) is 1.23. The number of hydrogen-bond donors (Lipinski definition) is 0. The Morgan fingerprint density at radius 2 is 2.20 bits per heavy atom. The highest BCUT2D eigenvalue weighted by Gasteiger charge is 2.00. The maximum atomic E-state index is 12.8. The number of pyridine rings is 1. The molecule has 1 aromatic rings. The summed E-state index contributed by atoms with van der Waals surface area (Å²) in [5.41, 5.74) is 0.516. The Morgan fingerprint density at radius 3 is 2.60 bits per heavy atom. The van der Waals surface area contributed by atoms with Gasteiger partial charge in [0.05, 0.1) is 11.9 Å². The van der Waals surface area contributed by atoms with Gasteiger partial charge in [0.2, 0.25) is 0 Å². The summed E-state index contributed by atoms with van der Waals surface area (Å²) in [6, 6.07) is 1.34. The van der Waals surface area contributed by atoms with Gasteiger partial charge >= 0.3 is 0 Å². The largest absolute Gasteiger partial charge is 0.374 e. The summed E-state index contributed by atoms with van der Waals surface area (Å²) in [7, 11) is 3.56. The molecule has 0 aliphatic heterocycles. The Bertz CT molecular complexity index is 223. The second-order valence-corrected chi connectivity index (χ2v) is 2.22. The molecular formula is C7H9FN2. The summed E-state index contributed by atoms with van der Waals surface area (Å²) in [5, 5.41) is 0. The smallest absolute Gasteiger partial charge is 0.149 e. The van der Waals surface area contributed by atoms with E-state index in [2.05, 4.69) is 4.98 Å².